The van der Waals surface area contributed by atoms with Gasteiger partial charge in [-0.25, -0.2) is 4.39 Å². The first-order valence-electron chi connectivity index (χ1n) is 7.68. The standard InChI is InChI=1S/C19H18FNO3/c1-21(12-16-10-14-5-2-3-8-18(14)24-16)19(23)11-17(22)13-6-4-7-15(20)9-13/h2-10,17,22H,11-12H2,1H3. The van der Waals surface area contributed by atoms with E-state index in [-0.39, 0.29) is 12.3 Å². The highest BCUT2D eigenvalue weighted by Crippen LogP contribution is 2.21. The first-order valence-corrected chi connectivity index (χ1v) is 7.68. The molecule has 0 aliphatic rings. The number of benzene rings is 2. The van der Waals surface area contributed by atoms with E-state index in [9.17, 15) is 14.3 Å². The van der Waals surface area contributed by atoms with Crippen molar-refractivity contribution in [3.63, 3.8) is 0 Å². The summed E-state index contributed by atoms with van der Waals surface area (Å²) >= 11 is 0. The largest absolute Gasteiger partial charge is 0.459 e. The molecule has 3 aromatic rings. The molecule has 0 aliphatic carbocycles. The van der Waals surface area contributed by atoms with Crippen LogP contribution >= 0.6 is 0 Å². The fourth-order valence-electron chi connectivity index (χ4n) is 2.59. The van der Waals surface area contributed by atoms with E-state index in [1.807, 2.05) is 30.3 Å². The molecule has 3 rings (SSSR count). The van der Waals surface area contributed by atoms with Crippen molar-refractivity contribution in [3.05, 3.63) is 71.7 Å². The van der Waals surface area contributed by atoms with Gasteiger partial charge in [0, 0.05) is 12.4 Å². The Labute approximate surface area is 139 Å². The van der Waals surface area contributed by atoms with E-state index in [1.165, 1.54) is 23.1 Å². The van der Waals surface area contributed by atoms with Gasteiger partial charge in [0.15, 0.2) is 0 Å². The van der Waals surface area contributed by atoms with Crippen LogP contribution in [0.25, 0.3) is 11.0 Å². The fourth-order valence-corrected chi connectivity index (χ4v) is 2.59. The monoisotopic (exact) mass is 327 g/mol. The zero-order valence-corrected chi connectivity index (χ0v) is 13.3. The molecule has 5 heteroatoms. The van der Waals surface area contributed by atoms with Crippen LogP contribution in [-0.2, 0) is 11.3 Å². The number of fused-ring (bicyclic) bond motifs is 1. The van der Waals surface area contributed by atoms with Gasteiger partial charge in [-0.1, -0.05) is 30.3 Å². The van der Waals surface area contributed by atoms with Crippen LogP contribution in [-0.4, -0.2) is 23.0 Å². The van der Waals surface area contributed by atoms with Crippen LogP contribution in [0.1, 0.15) is 23.8 Å². The molecule has 124 valence electrons. The second-order valence-corrected chi connectivity index (χ2v) is 5.78. The topological polar surface area (TPSA) is 53.7 Å². The van der Waals surface area contributed by atoms with Gasteiger partial charge in [-0.3, -0.25) is 4.79 Å². The summed E-state index contributed by atoms with van der Waals surface area (Å²) in [4.78, 5) is 13.7. The van der Waals surface area contributed by atoms with Crippen molar-refractivity contribution in [1.82, 2.24) is 4.90 Å². The summed E-state index contributed by atoms with van der Waals surface area (Å²) in [5.41, 5.74) is 1.16. The van der Waals surface area contributed by atoms with Crippen molar-refractivity contribution in [3.8, 4) is 0 Å². The molecule has 1 N–H and O–H groups in total. The molecule has 0 fully saturated rings. The Morgan fingerprint density at radius 2 is 2.00 bits per heavy atom. The quantitative estimate of drug-likeness (QED) is 0.778. The lowest BCUT2D eigenvalue weighted by atomic mass is 10.1. The maximum Gasteiger partial charge on any atom is 0.225 e. The van der Waals surface area contributed by atoms with Gasteiger partial charge in [0.05, 0.1) is 19.1 Å². The van der Waals surface area contributed by atoms with Gasteiger partial charge >= 0.3 is 0 Å². The number of carbonyl (C=O) groups is 1. The molecule has 0 saturated carbocycles. The number of hydrogen-bond donors (Lipinski definition) is 1. The maximum atomic E-state index is 13.2. The third kappa shape index (κ3) is 3.63. The van der Waals surface area contributed by atoms with Crippen LogP contribution in [0.3, 0.4) is 0 Å². The number of carbonyl (C=O) groups excluding carboxylic acids is 1. The highest BCUT2D eigenvalue weighted by Gasteiger charge is 2.18. The number of aliphatic hydroxyl groups is 1. The van der Waals surface area contributed by atoms with E-state index in [0.29, 0.717) is 17.9 Å². The zero-order valence-electron chi connectivity index (χ0n) is 13.3. The summed E-state index contributed by atoms with van der Waals surface area (Å²) < 4.78 is 18.9. The highest BCUT2D eigenvalue weighted by molar-refractivity contribution is 5.79. The van der Waals surface area contributed by atoms with Gasteiger partial charge < -0.3 is 14.4 Å². The van der Waals surface area contributed by atoms with Crippen molar-refractivity contribution < 1.29 is 18.7 Å². The van der Waals surface area contributed by atoms with E-state index in [0.717, 1.165) is 11.0 Å². The molecule has 24 heavy (non-hydrogen) atoms. The predicted octanol–water partition coefficient (Wildman–Crippen LogP) is 3.65. The van der Waals surface area contributed by atoms with Gasteiger partial charge in [0.1, 0.15) is 17.2 Å². The van der Waals surface area contributed by atoms with Crippen LogP contribution in [0.2, 0.25) is 0 Å². The first-order chi connectivity index (χ1) is 11.5. The van der Waals surface area contributed by atoms with E-state index in [4.69, 9.17) is 4.42 Å². The molecule has 2 aromatic carbocycles. The Bertz CT molecular complexity index is 825. The number of furan rings is 1. The average Bonchev–Trinajstić information content (AvgIpc) is 2.96. The second-order valence-electron chi connectivity index (χ2n) is 5.78. The molecule has 1 aromatic heterocycles. The SMILES string of the molecule is CN(Cc1cc2ccccc2o1)C(=O)CC(O)c1cccc(F)c1. The average molecular weight is 327 g/mol. The Morgan fingerprint density at radius 3 is 2.75 bits per heavy atom. The fraction of sp³-hybridized carbons (Fsp3) is 0.211. The number of rotatable bonds is 5. The molecule has 0 bridgehead atoms. The zero-order chi connectivity index (χ0) is 17.1. The molecule has 0 spiro atoms. The molecular weight excluding hydrogens is 309 g/mol. The molecule has 4 nitrogen and oxygen atoms in total. The Kier molecular flexibility index (Phi) is 4.62. The third-order valence-corrected chi connectivity index (χ3v) is 3.90. The van der Waals surface area contributed by atoms with Gasteiger partial charge in [-0.2, -0.15) is 0 Å². The van der Waals surface area contributed by atoms with Crippen LogP contribution in [0.4, 0.5) is 4.39 Å². The van der Waals surface area contributed by atoms with Crippen LogP contribution in [0.15, 0.2) is 59.0 Å². The Morgan fingerprint density at radius 1 is 1.21 bits per heavy atom. The summed E-state index contributed by atoms with van der Waals surface area (Å²) in [7, 11) is 1.65. The van der Waals surface area contributed by atoms with E-state index in [2.05, 4.69) is 0 Å². The lowest BCUT2D eigenvalue weighted by Crippen LogP contribution is -2.27. The Hall–Kier alpha value is -2.66. The minimum atomic E-state index is -1.04. The minimum Gasteiger partial charge on any atom is -0.459 e. The number of hydrogen-bond acceptors (Lipinski definition) is 3. The molecule has 0 radical (unpaired) electrons. The van der Waals surface area contributed by atoms with Crippen LogP contribution < -0.4 is 0 Å². The lowest BCUT2D eigenvalue weighted by Gasteiger charge is -2.18. The molecule has 1 atom stereocenters. The van der Waals surface area contributed by atoms with Gasteiger partial charge in [-0.15, -0.1) is 0 Å². The van der Waals surface area contributed by atoms with Crippen molar-refractivity contribution >= 4 is 16.9 Å². The number of nitrogens with zero attached hydrogens (tertiary/aromatic N) is 1. The smallest absolute Gasteiger partial charge is 0.225 e. The number of aliphatic hydroxyl groups excluding tert-OH is 1. The normalized spacial score (nSPS) is 12.3. The van der Waals surface area contributed by atoms with E-state index in [1.54, 1.807) is 13.1 Å². The molecule has 0 aliphatic heterocycles. The van der Waals surface area contributed by atoms with Gasteiger partial charge in [0.25, 0.3) is 0 Å². The number of halogens is 1. The van der Waals surface area contributed by atoms with Crippen molar-refractivity contribution in [2.75, 3.05) is 7.05 Å². The third-order valence-electron chi connectivity index (χ3n) is 3.90. The van der Waals surface area contributed by atoms with Crippen LogP contribution in [0.5, 0.6) is 0 Å². The van der Waals surface area contributed by atoms with E-state index >= 15 is 0 Å². The van der Waals surface area contributed by atoms with Gasteiger partial charge in [0.2, 0.25) is 5.91 Å². The minimum absolute atomic E-state index is 0.111. The molecule has 1 heterocycles. The highest BCUT2D eigenvalue weighted by atomic mass is 19.1. The number of para-hydroxylation sites is 1. The molecule has 0 saturated heterocycles. The summed E-state index contributed by atoms with van der Waals surface area (Å²) in [6.07, 6.45) is -1.15. The van der Waals surface area contributed by atoms with Crippen LogP contribution in [0, 0.1) is 5.82 Å². The summed E-state index contributed by atoms with van der Waals surface area (Å²) in [6.45, 7) is 0.309. The summed E-state index contributed by atoms with van der Waals surface area (Å²) in [5.74, 6) is -0.00542. The first kappa shape index (κ1) is 16.2. The van der Waals surface area contributed by atoms with Crippen molar-refractivity contribution in [2.24, 2.45) is 0 Å². The molecule has 1 amide bonds. The lowest BCUT2D eigenvalue weighted by molar-refractivity contribution is -0.132. The molecular formula is C19H18FNO3. The van der Waals surface area contributed by atoms with Crippen molar-refractivity contribution in [2.45, 2.75) is 19.1 Å². The van der Waals surface area contributed by atoms with Gasteiger partial charge in [-0.05, 0) is 29.8 Å². The number of amides is 1. The summed E-state index contributed by atoms with van der Waals surface area (Å²) in [5, 5.41) is 11.1. The van der Waals surface area contributed by atoms with E-state index < -0.39 is 11.9 Å². The maximum absolute atomic E-state index is 13.2. The summed E-state index contributed by atoms with van der Waals surface area (Å²) in [6, 6.07) is 15.2. The second kappa shape index (κ2) is 6.84. The predicted molar refractivity (Wildman–Crippen MR) is 88.7 cm³/mol. The Balaban J connectivity index is 1.64. The van der Waals surface area contributed by atoms with Crippen molar-refractivity contribution in [1.29, 1.82) is 0 Å². The molecule has 1 unspecified atom stereocenters.